The first kappa shape index (κ1) is 12.9. The highest BCUT2D eigenvalue weighted by Crippen LogP contribution is 2.44. The molecule has 2 fully saturated rings. The summed E-state index contributed by atoms with van der Waals surface area (Å²) in [6, 6.07) is 6.63. The van der Waals surface area contributed by atoms with Crippen LogP contribution in [0.1, 0.15) is 31.4 Å². The molecule has 0 aliphatic heterocycles. The van der Waals surface area contributed by atoms with E-state index in [4.69, 9.17) is 12.2 Å². The van der Waals surface area contributed by atoms with Gasteiger partial charge in [-0.15, -0.1) is 0 Å². The van der Waals surface area contributed by atoms with Crippen LogP contribution in [0.5, 0.6) is 0 Å². The van der Waals surface area contributed by atoms with Crippen LogP contribution >= 0.6 is 12.2 Å². The van der Waals surface area contributed by atoms with Crippen molar-refractivity contribution in [3.8, 4) is 0 Å². The van der Waals surface area contributed by atoms with Crippen LogP contribution in [-0.2, 0) is 6.42 Å². The van der Waals surface area contributed by atoms with Crippen LogP contribution in [0.15, 0.2) is 24.4 Å². The van der Waals surface area contributed by atoms with Crippen LogP contribution in [0.3, 0.4) is 0 Å². The Morgan fingerprint density at radius 2 is 2.26 bits per heavy atom. The van der Waals surface area contributed by atoms with E-state index < -0.39 is 0 Å². The van der Waals surface area contributed by atoms with E-state index in [1.165, 1.54) is 25.7 Å². The largest absolute Gasteiger partial charge is 0.362 e. The molecule has 0 saturated heterocycles. The van der Waals surface area contributed by atoms with Crippen molar-refractivity contribution in [2.75, 3.05) is 6.54 Å². The molecule has 1 aromatic rings. The average molecular weight is 275 g/mol. The molecule has 2 N–H and O–H groups in total. The van der Waals surface area contributed by atoms with Gasteiger partial charge in [0.05, 0.1) is 0 Å². The number of fused-ring (bicyclic) bond motifs is 2. The van der Waals surface area contributed by atoms with Crippen LogP contribution < -0.4 is 10.6 Å². The number of nitrogens with zero attached hydrogens (tertiary/aromatic N) is 1. The van der Waals surface area contributed by atoms with Gasteiger partial charge in [-0.1, -0.05) is 12.5 Å². The molecule has 0 amide bonds. The van der Waals surface area contributed by atoms with Crippen molar-refractivity contribution in [3.05, 3.63) is 30.1 Å². The summed E-state index contributed by atoms with van der Waals surface area (Å²) in [5.41, 5.74) is 1.11. The van der Waals surface area contributed by atoms with Crippen LogP contribution in [0.4, 0.5) is 0 Å². The van der Waals surface area contributed by atoms with Crippen LogP contribution in [0, 0.1) is 11.8 Å². The zero-order valence-electron chi connectivity index (χ0n) is 11.1. The molecule has 102 valence electrons. The summed E-state index contributed by atoms with van der Waals surface area (Å²) in [7, 11) is 0. The highest BCUT2D eigenvalue weighted by Gasteiger charge is 2.39. The molecule has 2 bridgehead atoms. The van der Waals surface area contributed by atoms with Gasteiger partial charge in [0.2, 0.25) is 0 Å². The SMILES string of the molecule is S=C(NCCc1ccccn1)N[C@@H]1C[C@H]2CC[C@H]1C2. The second-order valence-electron chi connectivity index (χ2n) is 5.75. The topological polar surface area (TPSA) is 37.0 Å². The molecule has 1 heterocycles. The third-order valence-corrected chi connectivity index (χ3v) is 4.71. The lowest BCUT2D eigenvalue weighted by Crippen LogP contribution is -2.44. The van der Waals surface area contributed by atoms with Gasteiger partial charge in [-0.2, -0.15) is 0 Å². The molecular weight excluding hydrogens is 254 g/mol. The monoisotopic (exact) mass is 275 g/mol. The Bertz CT molecular complexity index is 434. The standard InChI is InChI=1S/C15H21N3S/c19-15(17-8-6-13-3-1-2-7-16-13)18-14-10-11-4-5-12(14)9-11/h1-3,7,11-12,14H,4-6,8-10H2,(H2,17,18,19)/t11-,12-,14+/m0/s1. The van der Waals surface area contributed by atoms with Crippen molar-refractivity contribution in [2.24, 2.45) is 11.8 Å². The van der Waals surface area contributed by atoms with E-state index in [1.807, 2.05) is 24.4 Å². The second-order valence-corrected chi connectivity index (χ2v) is 6.16. The fourth-order valence-electron chi connectivity index (χ4n) is 3.49. The fraction of sp³-hybridized carbons (Fsp3) is 0.600. The van der Waals surface area contributed by atoms with Gasteiger partial charge in [-0.25, -0.2) is 0 Å². The van der Waals surface area contributed by atoms with E-state index in [0.717, 1.165) is 35.6 Å². The van der Waals surface area contributed by atoms with Crippen molar-refractivity contribution in [1.29, 1.82) is 0 Å². The molecule has 1 aromatic heterocycles. The Morgan fingerprint density at radius 1 is 1.32 bits per heavy atom. The lowest BCUT2D eigenvalue weighted by Gasteiger charge is -2.24. The summed E-state index contributed by atoms with van der Waals surface area (Å²) in [4.78, 5) is 4.31. The van der Waals surface area contributed by atoms with E-state index in [0.29, 0.717) is 6.04 Å². The summed E-state index contributed by atoms with van der Waals surface area (Å²) < 4.78 is 0. The van der Waals surface area contributed by atoms with Crippen LogP contribution in [0.2, 0.25) is 0 Å². The molecule has 3 rings (SSSR count). The van der Waals surface area contributed by atoms with E-state index in [1.54, 1.807) is 0 Å². The molecule has 4 heteroatoms. The minimum Gasteiger partial charge on any atom is -0.362 e. The molecule has 2 aliphatic rings. The van der Waals surface area contributed by atoms with Gasteiger partial charge in [0.25, 0.3) is 0 Å². The first-order valence-corrected chi connectivity index (χ1v) is 7.66. The predicted molar refractivity (Wildman–Crippen MR) is 80.9 cm³/mol. The summed E-state index contributed by atoms with van der Waals surface area (Å²) in [6.45, 7) is 0.851. The van der Waals surface area contributed by atoms with Crippen molar-refractivity contribution >= 4 is 17.3 Å². The van der Waals surface area contributed by atoms with Crippen molar-refractivity contribution in [1.82, 2.24) is 15.6 Å². The molecule has 2 saturated carbocycles. The van der Waals surface area contributed by atoms with Gasteiger partial charge in [0.15, 0.2) is 5.11 Å². The first-order valence-electron chi connectivity index (χ1n) is 7.25. The molecule has 0 spiro atoms. The lowest BCUT2D eigenvalue weighted by atomic mass is 9.96. The Hall–Kier alpha value is -1.16. The molecule has 0 unspecified atom stereocenters. The van der Waals surface area contributed by atoms with Crippen LogP contribution in [-0.4, -0.2) is 22.7 Å². The molecular formula is C15H21N3S. The lowest BCUT2D eigenvalue weighted by molar-refractivity contribution is 0.389. The van der Waals surface area contributed by atoms with Gasteiger partial charge in [-0.3, -0.25) is 4.98 Å². The van der Waals surface area contributed by atoms with Gasteiger partial charge < -0.3 is 10.6 Å². The summed E-state index contributed by atoms with van der Waals surface area (Å²) in [5, 5.41) is 7.61. The van der Waals surface area contributed by atoms with E-state index in [9.17, 15) is 0 Å². The highest BCUT2D eigenvalue weighted by molar-refractivity contribution is 7.80. The number of hydrogen-bond acceptors (Lipinski definition) is 2. The number of hydrogen-bond donors (Lipinski definition) is 2. The Labute approximate surface area is 120 Å². The quantitative estimate of drug-likeness (QED) is 0.827. The second kappa shape index (κ2) is 5.87. The molecule has 0 radical (unpaired) electrons. The third kappa shape index (κ3) is 3.24. The van der Waals surface area contributed by atoms with E-state index in [2.05, 4.69) is 15.6 Å². The van der Waals surface area contributed by atoms with Gasteiger partial charge in [0, 0.05) is 30.9 Å². The Balaban J connectivity index is 1.38. The molecule has 19 heavy (non-hydrogen) atoms. The minimum atomic E-state index is 0.619. The highest BCUT2D eigenvalue weighted by atomic mass is 32.1. The maximum atomic E-state index is 5.38. The molecule has 0 aromatic carbocycles. The van der Waals surface area contributed by atoms with Crippen molar-refractivity contribution < 1.29 is 0 Å². The van der Waals surface area contributed by atoms with Gasteiger partial charge in [-0.05, 0) is 55.4 Å². The zero-order valence-corrected chi connectivity index (χ0v) is 12.0. The van der Waals surface area contributed by atoms with Gasteiger partial charge in [0.1, 0.15) is 0 Å². The number of nitrogens with one attached hydrogen (secondary N) is 2. The first-order chi connectivity index (χ1) is 9.31. The third-order valence-electron chi connectivity index (χ3n) is 4.45. The summed E-state index contributed by atoms with van der Waals surface area (Å²) >= 11 is 5.38. The normalized spacial score (nSPS) is 28.3. The van der Waals surface area contributed by atoms with Crippen LogP contribution in [0.25, 0.3) is 0 Å². The number of rotatable bonds is 4. The maximum absolute atomic E-state index is 5.38. The smallest absolute Gasteiger partial charge is 0.166 e. The predicted octanol–water partition coefficient (Wildman–Crippen LogP) is 2.28. The zero-order chi connectivity index (χ0) is 13.1. The minimum absolute atomic E-state index is 0.619. The van der Waals surface area contributed by atoms with E-state index in [-0.39, 0.29) is 0 Å². The maximum Gasteiger partial charge on any atom is 0.166 e. The number of aromatic nitrogens is 1. The Morgan fingerprint density at radius 3 is 2.95 bits per heavy atom. The number of pyridine rings is 1. The number of thiocarbonyl (C=S) groups is 1. The van der Waals surface area contributed by atoms with Crippen molar-refractivity contribution in [2.45, 2.75) is 38.1 Å². The molecule has 3 atom stereocenters. The summed E-state index contributed by atoms with van der Waals surface area (Å²) in [5.74, 6) is 1.82. The Kier molecular flexibility index (Phi) is 3.97. The molecule has 2 aliphatic carbocycles. The fourth-order valence-corrected chi connectivity index (χ4v) is 3.74. The van der Waals surface area contributed by atoms with Crippen molar-refractivity contribution in [3.63, 3.8) is 0 Å². The van der Waals surface area contributed by atoms with Gasteiger partial charge >= 0.3 is 0 Å². The summed E-state index contributed by atoms with van der Waals surface area (Å²) in [6.07, 6.45) is 8.29. The molecule has 3 nitrogen and oxygen atoms in total. The average Bonchev–Trinajstić information content (AvgIpc) is 3.02. The van der Waals surface area contributed by atoms with E-state index >= 15 is 0 Å².